The molecule has 0 N–H and O–H groups in total. The third kappa shape index (κ3) is 1.97. The van der Waals surface area contributed by atoms with E-state index in [1.807, 2.05) is 17.8 Å². The summed E-state index contributed by atoms with van der Waals surface area (Å²) in [5, 5.41) is 1.21. The molecule has 0 amide bonds. The molecule has 88 valence electrons. The fourth-order valence-corrected chi connectivity index (χ4v) is 3.12. The SMILES string of the molecule is CC1=N[C@@H](Cn2c(C)nc3ccccc32)CS1. The quantitative estimate of drug-likeness (QED) is 0.814. The van der Waals surface area contributed by atoms with E-state index in [4.69, 9.17) is 0 Å². The molecule has 0 bridgehead atoms. The molecule has 0 aliphatic carbocycles. The summed E-state index contributed by atoms with van der Waals surface area (Å²) in [7, 11) is 0. The molecule has 1 aromatic carbocycles. The zero-order valence-corrected chi connectivity index (χ0v) is 10.9. The lowest BCUT2D eigenvalue weighted by Crippen LogP contribution is -2.15. The van der Waals surface area contributed by atoms with Gasteiger partial charge >= 0.3 is 0 Å². The molecule has 3 nitrogen and oxygen atoms in total. The smallest absolute Gasteiger partial charge is 0.106 e. The molecule has 17 heavy (non-hydrogen) atoms. The first-order chi connectivity index (χ1) is 8.24. The van der Waals surface area contributed by atoms with Gasteiger partial charge < -0.3 is 4.57 Å². The number of thioether (sulfide) groups is 1. The van der Waals surface area contributed by atoms with Gasteiger partial charge in [0.25, 0.3) is 0 Å². The Kier molecular flexibility index (Phi) is 2.67. The highest BCUT2D eigenvalue weighted by Crippen LogP contribution is 2.22. The highest BCUT2D eigenvalue weighted by atomic mass is 32.2. The minimum absolute atomic E-state index is 0.399. The number of aliphatic imine (C=N–C) groups is 1. The van der Waals surface area contributed by atoms with Gasteiger partial charge in [-0.2, -0.15) is 0 Å². The van der Waals surface area contributed by atoms with Crippen LogP contribution in [0, 0.1) is 6.92 Å². The molecule has 0 saturated heterocycles. The fraction of sp³-hybridized carbons (Fsp3) is 0.385. The maximum atomic E-state index is 4.64. The standard InChI is InChI=1S/C13H15N3S/c1-9-14-12-5-3-4-6-13(12)16(9)7-11-8-17-10(2)15-11/h3-6,11H,7-8H2,1-2H3/t11-/m0/s1. The van der Waals surface area contributed by atoms with E-state index in [-0.39, 0.29) is 0 Å². The molecule has 0 spiro atoms. The molecule has 0 saturated carbocycles. The minimum atomic E-state index is 0.399. The summed E-state index contributed by atoms with van der Waals surface area (Å²) in [6.07, 6.45) is 0. The van der Waals surface area contributed by atoms with Gasteiger partial charge in [0, 0.05) is 12.3 Å². The molecule has 2 heterocycles. The Morgan fingerprint density at radius 1 is 1.35 bits per heavy atom. The van der Waals surface area contributed by atoms with Crippen LogP contribution in [0.4, 0.5) is 0 Å². The molecule has 0 radical (unpaired) electrons. The number of para-hydroxylation sites is 2. The van der Waals surface area contributed by atoms with Gasteiger partial charge in [-0.3, -0.25) is 4.99 Å². The number of rotatable bonds is 2. The third-order valence-electron chi connectivity index (χ3n) is 3.09. The number of nitrogens with zero attached hydrogens (tertiary/aromatic N) is 3. The summed E-state index contributed by atoms with van der Waals surface area (Å²) in [6.45, 7) is 5.10. The van der Waals surface area contributed by atoms with Crippen LogP contribution in [0.15, 0.2) is 29.3 Å². The second-order valence-corrected chi connectivity index (χ2v) is 5.58. The van der Waals surface area contributed by atoms with Gasteiger partial charge in [-0.05, 0) is 26.0 Å². The van der Waals surface area contributed by atoms with Crippen molar-refractivity contribution >= 4 is 27.8 Å². The van der Waals surface area contributed by atoms with E-state index >= 15 is 0 Å². The van der Waals surface area contributed by atoms with Gasteiger partial charge in [0.1, 0.15) is 5.82 Å². The maximum Gasteiger partial charge on any atom is 0.106 e. The van der Waals surface area contributed by atoms with Crippen molar-refractivity contribution in [3.63, 3.8) is 0 Å². The molecule has 3 rings (SSSR count). The predicted molar refractivity (Wildman–Crippen MR) is 73.8 cm³/mol. The third-order valence-corrected chi connectivity index (χ3v) is 4.16. The molecular weight excluding hydrogens is 230 g/mol. The van der Waals surface area contributed by atoms with E-state index in [0.717, 1.165) is 23.6 Å². The number of imidazole rings is 1. The molecule has 1 aromatic heterocycles. The fourth-order valence-electron chi connectivity index (χ4n) is 2.28. The summed E-state index contributed by atoms with van der Waals surface area (Å²) in [5.41, 5.74) is 2.30. The van der Waals surface area contributed by atoms with E-state index in [1.54, 1.807) is 0 Å². The van der Waals surface area contributed by atoms with Crippen LogP contribution in [0.25, 0.3) is 11.0 Å². The first-order valence-electron chi connectivity index (χ1n) is 5.83. The normalized spacial score (nSPS) is 19.9. The molecule has 0 unspecified atom stereocenters. The molecule has 1 aliphatic rings. The zero-order valence-electron chi connectivity index (χ0n) is 10.1. The first kappa shape index (κ1) is 10.8. The second kappa shape index (κ2) is 4.18. The van der Waals surface area contributed by atoms with Gasteiger partial charge in [-0.15, -0.1) is 11.8 Å². The molecule has 0 fully saturated rings. The number of fused-ring (bicyclic) bond motifs is 1. The van der Waals surface area contributed by atoms with Gasteiger partial charge in [0.2, 0.25) is 0 Å². The molecule has 4 heteroatoms. The van der Waals surface area contributed by atoms with Crippen LogP contribution >= 0.6 is 11.8 Å². The largest absolute Gasteiger partial charge is 0.326 e. The van der Waals surface area contributed by atoms with Crippen LogP contribution in [-0.4, -0.2) is 26.4 Å². The van der Waals surface area contributed by atoms with E-state index < -0.39 is 0 Å². The summed E-state index contributed by atoms with van der Waals surface area (Å²) in [6, 6.07) is 8.70. The van der Waals surface area contributed by atoms with Crippen molar-refractivity contribution < 1.29 is 0 Å². The Labute approximate surface area is 105 Å². The van der Waals surface area contributed by atoms with Gasteiger partial charge in [-0.1, -0.05) is 12.1 Å². The minimum Gasteiger partial charge on any atom is -0.326 e. The van der Waals surface area contributed by atoms with Crippen molar-refractivity contribution in [2.75, 3.05) is 5.75 Å². The number of benzene rings is 1. The van der Waals surface area contributed by atoms with Crippen molar-refractivity contribution in [1.82, 2.24) is 9.55 Å². The number of hydrogen-bond acceptors (Lipinski definition) is 3. The Morgan fingerprint density at radius 3 is 2.94 bits per heavy atom. The second-order valence-electron chi connectivity index (χ2n) is 4.37. The van der Waals surface area contributed by atoms with Crippen molar-refractivity contribution in [3.8, 4) is 0 Å². The molecule has 1 aliphatic heterocycles. The van der Waals surface area contributed by atoms with Crippen LogP contribution in [0.5, 0.6) is 0 Å². The number of hydrogen-bond donors (Lipinski definition) is 0. The average molecular weight is 245 g/mol. The van der Waals surface area contributed by atoms with Crippen molar-refractivity contribution in [3.05, 3.63) is 30.1 Å². The van der Waals surface area contributed by atoms with Crippen molar-refractivity contribution in [2.45, 2.75) is 26.4 Å². The summed E-state index contributed by atoms with van der Waals surface area (Å²) in [5.74, 6) is 2.17. The van der Waals surface area contributed by atoms with Crippen LogP contribution in [0.3, 0.4) is 0 Å². The van der Waals surface area contributed by atoms with Crippen LogP contribution < -0.4 is 0 Å². The lowest BCUT2D eigenvalue weighted by molar-refractivity contribution is 0.603. The Hall–Kier alpha value is -1.29. The number of aryl methyl sites for hydroxylation is 1. The van der Waals surface area contributed by atoms with Crippen LogP contribution in [0.1, 0.15) is 12.7 Å². The highest BCUT2D eigenvalue weighted by molar-refractivity contribution is 8.14. The van der Waals surface area contributed by atoms with E-state index in [0.29, 0.717) is 6.04 Å². The maximum absolute atomic E-state index is 4.64. The van der Waals surface area contributed by atoms with E-state index in [2.05, 4.69) is 46.6 Å². The van der Waals surface area contributed by atoms with Crippen LogP contribution in [-0.2, 0) is 6.54 Å². The summed E-state index contributed by atoms with van der Waals surface area (Å²) < 4.78 is 2.28. The van der Waals surface area contributed by atoms with Gasteiger partial charge in [0.15, 0.2) is 0 Å². The summed E-state index contributed by atoms with van der Waals surface area (Å²) in [4.78, 5) is 9.22. The average Bonchev–Trinajstić information content (AvgIpc) is 2.85. The van der Waals surface area contributed by atoms with Crippen LogP contribution in [0.2, 0.25) is 0 Å². The monoisotopic (exact) mass is 245 g/mol. The van der Waals surface area contributed by atoms with Crippen molar-refractivity contribution in [2.24, 2.45) is 4.99 Å². The first-order valence-corrected chi connectivity index (χ1v) is 6.81. The predicted octanol–water partition coefficient (Wildman–Crippen LogP) is 2.88. The highest BCUT2D eigenvalue weighted by Gasteiger charge is 2.18. The van der Waals surface area contributed by atoms with Gasteiger partial charge in [0.05, 0.1) is 22.1 Å². The zero-order chi connectivity index (χ0) is 11.8. The van der Waals surface area contributed by atoms with E-state index in [1.165, 1.54) is 10.6 Å². The number of aromatic nitrogens is 2. The summed E-state index contributed by atoms with van der Waals surface area (Å²) >= 11 is 1.85. The van der Waals surface area contributed by atoms with E-state index in [9.17, 15) is 0 Å². The van der Waals surface area contributed by atoms with Gasteiger partial charge in [-0.25, -0.2) is 4.98 Å². The lowest BCUT2D eigenvalue weighted by Gasteiger charge is -2.10. The Balaban J connectivity index is 1.97. The van der Waals surface area contributed by atoms with Crippen molar-refractivity contribution in [1.29, 1.82) is 0 Å². The Morgan fingerprint density at radius 2 is 2.18 bits per heavy atom. The Bertz CT molecular complexity index is 585. The lowest BCUT2D eigenvalue weighted by atomic mass is 10.3. The molecule has 2 aromatic rings. The molecule has 1 atom stereocenters. The topological polar surface area (TPSA) is 30.2 Å². The molecular formula is C13H15N3S.